The van der Waals surface area contributed by atoms with Crippen LogP contribution in [-0.2, 0) is 6.54 Å². The van der Waals surface area contributed by atoms with Gasteiger partial charge < -0.3 is 4.57 Å². The van der Waals surface area contributed by atoms with Gasteiger partial charge in [0.15, 0.2) is 5.78 Å². The molecule has 3 aromatic rings. The molecule has 0 saturated carbocycles. The van der Waals surface area contributed by atoms with Crippen LogP contribution in [0.3, 0.4) is 0 Å². The van der Waals surface area contributed by atoms with E-state index in [4.69, 9.17) is 0 Å². The molecule has 0 radical (unpaired) electrons. The smallest absolute Gasteiger partial charge is 0.182 e. The molecule has 4 heteroatoms. The second-order valence-electron chi connectivity index (χ2n) is 4.75. The number of Topliss-reactive ketones (excluding diaryl/α,β-unsaturated/α-hetero) is 1. The molecule has 0 amide bonds. The Kier molecular flexibility index (Phi) is 3.06. The highest BCUT2D eigenvalue weighted by Crippen LogP contribution is 2.14. The molecule has 2 aromatic carbocycles. The Bertz CT molecular complexity index is 792. The summed E-state index contributed by atoms with van der Waals surface area (Å²) in [6.45, 7) is 1.85. The molecule has 1 heterocycles. The predicted octanol–water partition coefficient (Wildman–Crippen LogP) is 3.37. The van der Waals surface area contributed by atoms with Crippen molar-refractivity contribution in [1.29, 1.82) is 0 Å². The van der Waals surface area contributed by atoms with E-state index in [1.165, 1.54) is 12.1 Å². The lowest BCUT2D eigenvalue weighted by Crippen LogP contribution is -2.10. The average Bonchev–Trinajstić information content (AvgIpc) is 2.85. The van der Waals surface area contributed by atoms with Gasteiger partial charge in [-0.1, -0.05) is 12.1 Å². The molecule has 20 heavy (non-hydrogen) atoms. The average molecular weight is 268 g/mol. The van der Waals surface area contributed by atoms with Gasteiger partial charge in [0.2, 0.25) is 0 Å². The highest BCUT2D eigenvalue weighted by molar-refractivity contribution is 5.96. The summed E-state index contributed by atoms with van der Waals surface area (Å²) in [5.74, 6) is -0.356. The Labute approximate surface area is 115 Å². The number of aryl methyl sites for hydroxylation is 1. The number of hydrogen-bond donors (Lipinski definition) is 0. The van der Waals surface area contributed by atoms with Crippen molar-refractivity contribution in [3.05, 3.63) is 65.7 Å². The van der Waals surface area contributed by atoms with Crippen LogP contribution in [-0.4, -0.2) is 15.3 Å². The third kappa shape index (κ3) is 2.20. The normalized spacial score (nSPS) is 10.9. The minimum Gasteiger partial charge on any atom is -0.323 e. The minimum atomic E-state index is -0.297. The Morgan fingerprint density at radius 3 is 2.85 bits per heavy atom. The zero-order valence-electron chi connectivity index (χ0n) is 11.0. The van der Waals surface area contributed by atoms with Crippen LogP contribution in [0.5, 0.6) is 0 Å². The van der Waals surface area contributed by atoms with Crippen molar-refractivity contribution >= 4 is 16.8 Å². The topological polar surface area (TPSA) is 34.9 Å². The summed E-state index contributed by atoms with van der Waals surface area (Å²) < 4.78 is 15.0. The molecule has 0 fully saturated rings. The third-order valence-corrected chi connectivity index (χ3v) is 3.32. The summed E-state index contributed by atoms with van der Waals surface area (Å²) in [4.78, 5) is 16.5. The molecule has 0 N–H and O–H groups in total. The van der Waals surface area contributed by atoms with E-state index in [2.05, 4.69) is 4.98 Å². The first-order valence-corrected chi connectivity index (χ1v) is 6.34. The van der Waals surface area contributed by atoms with Gasteiger partial charge in [-0.25, -0.2) is 9.37 Å². The Hall–Kier alpha value is -2.49. The van der Waals surface area contributed by atoms with E-state index in [1.54, 1.807) is 23.9 Å². The number of aromatic nitrogens is 2. The van der Waals surface area contributed by atoms with Crippen LogP contribution in [0.1, 0.15) is 15.9 Å². The van der Waals surface area contributed by atoms with Gasteiger partial charge in [0, 0.05) is 5.56 Å². The summed E-state index contributed by atoms with van der Waals surface area (Å²) in [6.07, 6.45) is 1.65. The molecule has 0 aliphatic carbocycles. The quantitative estimate of drug-likeness (QED) is 0.683. The number of hydrogen-bond acceptors (Lipinski definition) is 2. The second kappa shape index (κ2) is 4.89. The predicted molar refractivity (Wildman–Crippen MR) is 75.2 cm³/mol. The number of para-hydroxylation sites is 2. The molecule has 0 spiro atoms. The van der Waals surface area contributed by atoms with Gasteiger partial charge in [-0.3, -0.25) is 4.79 Å². The van der Waals surface area contributed by atoms with E-state index in [0.717, 1.165) is 11.0 Å². The number of nitrogens with zero attached hydrogens (tertiary/aromatic N) is 2. The molecule has 0 bridgehead atoms. The zero-order chi connectivity index (χ0) is 14.1. The van der Waals surface area contributed by atoms with E-state index < -0.39 is 0 Å². The monoisotopic (exact) mass is 268 g/mol. The zero-order valence-corrected chi connectivity index (χ0v) is 11.0. The standard InChI is InChI=1S/C16H13FN2O/c1-11-8-12(6-7-13(11)17)16(20)9-19-10-18-14-4-2-3-5-15(14)19/h2-8,10H,9H2,1H3. The Balaban J connectivity index is 1.90. The SMILES string of the molecule is Cc1cc(C(=O)Cn2cnc3ccccc32)ccc1F. The molecule has 3 rings (SSSR count). The van der Waals surface area contributed by atoms with Crippen molar-refractivity contribution < 1.29 is 9.18 Å². The van der Waals surface area contributed by atoms with Crippen LogP contribution in [0.4, 0.5) is 4.39 Å². The van der Waals surface area contributed by atoms with Gasteiger partial charge in [-0.15, -0.1) is 0 Å². The van der Waals surface area contributed by atoms with Gasteiger partial charge in [-0.05, 0) is 42.8 Å². The Morgan fingerprint density at radius 1 is 1.25 bits per heavy atom. The van der Waals surface area contributed by atoms with E-state index >= 15 is 0 Å². The van der Waals surface area contributed by atoms with Crippen molar-refractivity contribution in [3.63, 3.8) is 0 Å². The largest absolute Gasteiger partial charge is 0.323 e. The van der Waals surface area contributed by atoms with Gasteiger partial charge in [0.05, 0.1) is 23.9 Å². The van der Waals surface area contributed by atoms with Crippen LogP contribution in [0.25, 0.3) is 11.0 Å². The lowest BCUT2D eigenvalue weighted by molar-refractivity contribution is 0.0973. The highest BCUT2D eigenvalue weighted by atomic mass is 19.1. The fourth-order valence-electron chi connectivity index (χ4n) is 2.20. The lowest BCUT2D eigenvalue weighted by atomic mass is 10.1. The summed E-state index contributed by atoms with van der Waals surface area (Å²) >= 11 is 0. The number of benzene rings is 2. The number of carbonyl (C=O) groups is 1. The summed E-state index contributed by atoms with van der Waals surface area (Å²) in [7, 11) is 0. The van der Waals surface area contributed by atoms with Crippen molar-refractivity contribution in [2.24, 2.45) is 0 Å². The van der Waals surface area contributed by atoms with E-state index in [9.17, 15) is 9.18 Å². The van der Waals surface area contributed by atoms with Gasteiger partial charge >= 0.3 is 0 Å². The first kappa shape index (κ1) is 12.5. The first-order valence-electron chi connectivity index (χ1n) is 6.34. The Morgan fingerprint density at radius 2 is 2.05 bits per heavy atom. The third-order valence-electron chi connectivity index (χ3n) is 3.32. The first-order chi connectivity index (χ1) is 9.65. The van der Waals surface area contributed by atoms with Crippen molar-refractivity contribution in [2.75, 3.05) is 0 Å². The van der Waals surface area contributed by atoms with Gasteiger partial charge in [0.25, 0.3) is 0 Å². The number of halogens is 1. The number of carbonyl (C=O) groups excluding carboxylic acids is 1. The van der Waals surface area contributed by atoms with Gasteiger partial charge in [-0.2, -0.15) is 0 Å². The van der Waals surface area contributed by atoms with E-state index in [-0.39, 0.29) is 18.1 Å². The van der Waals surface area contributed by atoms with E-state index in [0.29, 0.717) is 11.1 Å². The van der Waals surface area contributed by atoms with Crippen LogP contribution < -0.4 is 0 Å². The molecule has 1 aromatic heterocycles. The molecular formula is C16H13FN2O. The van der Waals surface area contributed by atoms with E-state index in [1.807, 2.05) is 24.3 Å². The molecule has 0 aliphatic rings. The molecule has 3 nitrogen and oxygen atoms in total. The maximum atomic E-state index is 13.2. The van der Waals surface area contributed by atoms with Gasteiger partial charge in [0.1, 0.15) is 5.82 Å². The van der Waals surface area contributed by atoms with Crippen LogP contribution in [0, 0.1) is 12.7 Å². The van der Waals surface area contributed by atoms with Crippen molar-refractivity contribution in [1.82, 2.24) is 9.55 Å². The number of imidazole rings is 1. The van der Waals surface area contributed by atoms with Crippen LogP contribution in [0.15, 0.2) is 48.8 Å². The maximum Gasteiger partial charge on any atom is 0.182 e. The van der Waals surface area contributed by atoms with Crippen molar-refractivity contribution in [2.45, 2.75) is 13.5 Å². The molecule has 100 valence electrons. The van der Waals surface area contributed by atoms with Crippen molar-refractivity contribution in [3.8, 4) is 0 Å². The molecule has 0 saturated heterocycles. The highest BCUT2D eigenvalue weighted by Gasteiger charge is 2.10. The fraction of sp³-hybridized carbons (Fsp3) is 0.125. The number of ketones is 1. The molecule has 0 unspecified atom stereocenters. The summed E-state index contributed by atoms with van der Waals surface area (Å²) in [5.41, 5.74) is 2.77. The fourth-order valence-corrected chi connectivity index (χ4v) is 2.20. The minimum absolute atomic E-state index is 0.0590. The number of fused-ring (bicyclic) bond motifs is 1. The summed E-state index contributed by atoms with van der Waals surface area (Å²) in [5, 5.41) is 0. The molecule has 0 aliphatic heterocycles. The second-order valence-corrected chi connectivity index (χ2v) is 4.75. The lowest BCUT2D eigenvalue weighted by Gasteiger charge is -2.05. The number of rotatable bonds is 3. The van der Waals surface area contributed by atoms with Crippen LogP contribution >= 0.6 is 0 Å². The molecule has 0 atom stereocenters. The summed E-state index contributed by atoms with van der Waals surface area (Å²) in [6, 6.07) is 12.1. The maximum absolute atomic E-state index is 13.2. The molecular weight excluding hydrogens is 255 g/mol. The van der Waals surface area contributed by atoms with Crippen LogP contribution in [0.2, 0.25) is 0 Å².